The van der Waals surface area contributed by atoms with Crippen molar-refractivity contribution in [1.82, 2.24) is 0 Å². The van der Waals surface area contributed by atoms with Crippen molar-refractivity contribution < 1.29 is 59.5 Å². The number of hydrogen-bond acceptors (Lipinski definition) is 15. The van der Waals surface area contributed by atoms with E-state index in [1.165, 1.54) is 0 Å². The van der Waals surface area contributed by atoms with Gasteiger partial charge in [0.2, 0.25) is 0 Å². The Morgan fingerprint density at radius 1 is 0.921 bits per heavy atom. The Labute approximate surface area is 220 Å². The molecule has 222 valence electrons. The molecule has 3 rings (SSSR count). The predicted molar refractivity (Wildman–Crippen MR) is 128 cm³/mol. The van der Waals surface area contributed by atoms with Crippen LogP contribution in [0.25, 0.3) is 0 Å². The van der Waals surface area contributed by atoms with Crippen LogP contribution >= 0.6 is 0 Å². The van der Waals surface area contributed by atoms with Gasteiger partial charge in [-0.3, -0.25) is 4.79 Å². The molecule has 0 aromatic rings. The molecule has 0 amide bonds. The Morgan fingerprint density at radius 2 is 1.53 bits per heavy atom. The summed E-state index contributed by atoms with van der Waals surface area (Å²) >= 11 is 0. The molecule has 15 nitrogen and oxygen atoms in total. The van der Waals surface area contributed by atoms with E-state index in [1.807, 2.05) is 6.92 Å². The van der Waals surface area contributed by atoms with E-state index < -0.39 is 104 Å². The van der Waals surface area contributed by atoms with Crippen LogP contribution in [0.1, 0.15) is 32.6 Å². The average molecular weight is 554 g/mol. The van der Waals surface area contributed by atoms with Crippen LogP contribution in [0, 0.1) is 5.92 Å². The largest absolute Gasteiger partial charge is 0.394 e. The Morgan fingerprint density at radius 3 is 2.11 bits per heavy atom. The maximum atomic E-state index is 12.6. The zero-order valence-electron chi connectivity index (χ0n) is 21.3. The number of Topliss-reactive ketones (excluding diaryl/α,β-unsaturated/α-hetero) is 1. The molecule has 2 saturated heterocycles. The first-order valence-corrected chi connectivity index (χ1v) is 13.0. The molecule has 5 unspecified atom stereocenters. The fourth-order valence-electron chi connectivity index (χ4n) is 5.26. The molecule has 0 spiro atoms. The Kier molecular flexibility index (Phi) is 11.4. The molecular formula is C23H43N3O12. The van der Waals surface area contributed by atoms with Crippen LogP contribution in [-0.4, -0.2) is 140 Å². The lowest BCUT2D eigenvalue weighted by Crippen LogP contribution is -2.66. The molecule has 0 bridgehead atoms. The first-order valence-electron chi connectivity index (χ1n) is 13.0. The third kappa shape index (κ3) is 6.70. The average Bonchev–Trinajstić information content (AvgIpc) is 3.16. The van der Waals surface area contributed by atoms with Gasteiger partial charge < -0.3 is 71.9 Å². The highest BCUT2D eigenvalue weighted by molar-refractivity contribution is 5.83. The van der Waals surface area contributed by atoms with E-state index in [0.717, 1.165) is 0 Å². The Balaban J connectivity index is 1.84. The predicted octanol–water partition coefficient (Wildman–Crippen LogP) is -5.24. The third-order valence-electron chi connectivity index (χ3n) is 7.60. The van der Waals surface area contributed by atoms with Crippen molar-refractivity contribution in [3.8, 4) is 0 Å². The van der Waals surface area contributed by atoms with Crippen LogP contribution in [0.5, 0.6) is 0 Å². The molecule has 0 radical (unpaired) electrons. The SMILES string of the molecule is CCC[C@H](O)C(=O)C[C@@H]1CC(N)[C@@H](O[C@H]2OC(CO)[C@@H](O)[C@H](O)C2N)[C@H](O[C@@H]2O[C@H](CN)[C@H](O)C2O)C1O. The monoisotopic (exact) mass is 553 g/mol. The summed E-state index contributed by atoms with van der Waals surface area (Å²) in [6.07, 6.45) is -15.3. The zero-order chi connectivity index (χ0) is 28.3. The molecule has 2 aliphatic heterocycles. The number of rotatable bonds is 11. The van der Waals surface area contributed by atoms with Gasteiger partial charge in [-0.25, -0.2) is 0 Å². The van der Waals surface area contributed by atoms with Crippen LogP contribution in [0.4, 0.5) is 0 Å². The van der Waals surface area contributed by atoms with Gasteiger partial charge in [-0.1, -0.05) is 13.3 Å². The standard InChI is InChI=1S/C23H43N3O12/c1-2-3-10(28)11(29)5-8-4-9(25)20(37-22-14(26)18(33)17(32)13(7-27)36-22)21(15(8)30)38-23-19(34)16(31)12(6-24)35-23/h8-10,12-23,27-28,30-34H,2-7,24-26H2,1H3/t8-,9?,10-,12+,13?,14?,15?,16-,17+,18+,19?,20+,21+,22+,23-/m0/s1. The number of ketones is 1. The highest BCUT2D eigenvalue weighted by atomic mass is 16.7. The van der Waals surface area contributed by atoms with Gasteiger partial charge in [0.15, 0.2) is 18.4 Å². The van der Waals surface area contributed by atoms with E-state index in [0.29, 0.717) is 6.42 Å². The van der Waals surface area contributed by atoms with E-state index in [4.69, 9.17) is 36.1 Å². The minimum absolute atomic E-state index is 0.0645. The van der Waals surface area contributed by atoms with E-state index >= 15 is 0 Å². The fraction of sp³-hybridized carbons (Fsp3) is 0.957. The van der Waals surface area contributed by atoms with Crippen molar-refractivity contribution in [3.63, 3.8) is 0 Å². The second-order valence-corrected chi connectivity index (χ2v) is 10.4. The highest BCUT2D eigenvalue weighted by Gasteiger charge is 2.52. The van der Waals surface area contributed by atoms with Crippen LogP contribution in [0.2, 0.25) is 0 Å². The maximum Gasteiger partial charge on any atom is 0.187 e. The summed E-state index contributed by atoms with van der Waals surface area (Å²) in [5.41, 5.74) is 18.0. The van der Waals surface area contributed by atoms with E-state index in [1.54, 1.807) is 0 Å². The summed E-state index contributed by atoms with van der Waals surface area (Å²) in [7, 11) is 0. The summed E-state index contributed by atoms with van der Waals surface area (Å²) in [4.78, 5) is 12.6. The van der Waals surface area contributed by atoms with Gasteiger partial charge in [-0.15, -0.1) is 0 Å². The van der Waals surface area contributed by atoms with Crippen molar-refractivity contribution in [2.75, 3.05) is 13.2 Å². The van der Waals surface area contributed by atoms with Crippen molar-refractivity contribution in [2.24, 2.45) is 23.1 Å². The maximum absolute atomic E-state index is 12.6. The number of ether oxygens (including phenoxy) is 4. The van der Waals surface area contributed by atoms with Gasteiger partial charge in [0.05, 0.1) is 18.8 Å². The minimum atomic E-state index is -1.52. The van der Waals surface area contributed by atoms with Crippen molar-refractivity contribution in [3.05, 3.63) is 0 Å². The lowest BCUT2D eigenvalue weighted by Gasteiger charge is -2.47. The minimum Gasteiger partial charge on any atom is -0.394 e. The number of nitrogens with two attached hydrogens (primary N) is 3. The van der Waals surface area contributed by atoms with Gasteiger partial charge in [0, 0.05) is 19.0 Å². The molecule has 1 aliphatic carbocycles. The number of aliphatic hydroxyl groups excluding tert-OH is 7. The second kappa shape index (κ2) is 13.6. The normalized spacial score (nSPS) is 46.7. The molecule has 15 heteroatoms. The quantitative estimate of drug-likeness (QED) is 0.114. The van der Waals surface area contributed by atoms with Gasteiger partial charge in [-0.05, 0) is 18.8 Å². The molecule has 15 atom stereocenters. The molecule has 3 aliphatic rings. The van der Waals surface area contributed by atoms with Gasteiger partial charge >= 0.3 is 0 Å². The molecule has 0 aromatic heterocycles. The molecule has 2 heterocycles. The van der Waals surface area contributed by atoms with Crippen molar-refractivity contribution in [1.29, 1.82) is 0 Å². The number of carbonyl (C=O) groups is 1. The Hall–Kier alpha value is -0.890. The fourth-order valence-corrected chi connectivity index (χ4v) is 5.26. The first kappa shape index (κ1) is 31.6. The molecular weight excluding hydrogens is 510 g/mol. The highest BCUT2D eigenvalue weighted by Crippen LogP contribution is 2.36. The summed E-state index contributed by atoms with van der Waals surface area (Å²) in [6, 6.07) is -2.16. The lowest BCUT2D eigenvalue weighted by molar-refractivity contribution is -0.312. The Bertz CT molecular complexity index is 765. The van der Waals surface area contributed by atoms with E-state index in [-0.39, 0.29) is 25.8 Å². The number of carbonyl (C=O) groups excluding carboxylic acids is 1. The smallest absolute Gasteiger partial charge is 0.187 e. The van der Waals surface area contributed by atoms with E-state index in [9.17, 15) is 40.5 Å². The van der Waals surface area contributed by atoms with Crippen LogP contribution < -0.4 is 17.2 Å². The van der Waals surface area contributed by atoms with Crippen LogP contribution in [0.3, 0.4) is 0 Å². The second-order valence-electron chi connectivity index (χ2n) is 10.4. The molecule has 38 heavy (non-hydrogen) atoms. The topological polar surface area (TPSA) is 274 Å². The molecule has 3 fully saturated rings. The van der Waals surface area contributed by atoms with Gasteiger partial charge in [0.25, 0.3) is 0 Å². The summed E-state index contributed by atoms with van der Waals surface area (Å²) in [5, 5.41) is 71.9. The van der Waals surface area contributed by atoms with Crippen LogP contribution in [-0.2, 0) is 23.7 Å². The first-order chi connectivity index (χ1) is 17.9. The van der Waals surface area contributed by atoms with Crippen molar-refractivity contribution in [2.45, 2.75) is 118 Å². The third-order valence-corrected chi connectivity index (χ3v) is 7.60. The lowest BCUT2D eigenvalue weighted by atomic mass is 9.76. The zero-order valence-corrected chi connectivity index (χ0v) is 21.3. The summed E-state index contributed by atoms with van der Waals surface area (Å²) in [5.74, 6) is -1.24. The van der Waals surface area contributed by atoms with Crippen molar-refractivity contribution >= 4 is 5.78 Å². The number of hydrogen-bond donors (Lipinski definition) is 10. The molecule has 0 aromatic carbocycles. The number of aliphatic hydroxyl groups is 7. The molecule has 1 saturated carbocycles. The van der Waals surface area contributed by atoms with Gasteiger partial charge in [0.1, 0.15) is 54.9 Å². The van der Waals surface area contributed by atoms with Gasteiger partial charge in [-0.2, -0.15) is 0 Å². The summed E-state index contributed by atoms with van der Waals surface area (Å²) < 4.78 is 22.9. The van der Waals surface area contributed by atoms with Crippen LogP contribution in [0.15, 0.2) is 0 Å². The summed E-state index contributed by atoms with van der Waals surface area (Å²) in [6.45, 7) is 1.05. The van der Waals surface area contributed by atoms with E-state index in [2.05, 4.69) is 0 Å². The molecule has 13 N–H and O–H groups in total.